The summed E-state index contributed by atoms with van der Waals surface area (Å²) in [7, 11) is 0. The summed E-state index contributed by atoms with van der Waals surface area (Å²) in [6, 6.07) is 3.21. The Labute approximate surface area is 151 Å². The third-order valence-electron chi connectivity index (χ3n) is 4.65. The smallest absolute Gasteiger partial charge is 0.248 e. The molecule has 2 aliphatic rings. The van der Waals surface area contributed by atoms with E-state index in [1.54, 1.807) is 6.07 Å². The maximum atomic E-state index is 12.1. The van der Waals surface area contributed by atoms with Crippen LogP contribution in [-0.4, -0.2) is 54.9 Å². The second kappa shape index (κ2) is 7.91. The lowest BCUT2D eigenvalue weighted by Gasteiger charge is -2.33. The normalized spacial score (nSPS) is 19.3. The number of rotatable bonds is 5. The van der Waals surface area contributed by atoms with E-state index >= 15 is 0 Å². The molecule has 0 aliphatic carbocycles. The van der Waals surface area contributed by atoms with Gasteiger partial charge in [-0.1, -0.05) is 23.2 Å². The lowest BCUT2D eigenvalue weighted by Crippen LogP contribution is -2.43. The Bertz CT molecular complexity index is 598. The zero-order chi connectivity index (χ0) is 17.1. The summed E-state index contributed by atoms with van der Waals surface area (Å²) in [6.45, 7) is 2.74. The Kier molecular flexibility index (Phi) is 5.87. The van der Waals surface area contributed by atoms with Gasteiger partial charge < -0.3 is 19.5 Å². The molecule has 7 heteroatoms. The first kappa shape index (κ1) is 17.8. The molecule has 5 nitrogen and oxygen atoms in total. The van der Waals surface area contributed by atoms with Crippen molar-refractivity contribution in [1.82, 2.24) is 4.90 Å². The van der Waals surface area contributed by atoms with Crippen LogP contribution in [0.15, 0.2) is 12.1 Å². The number of aromatic hydroxyl groups is 1. The van der Waals surface area contributed by atoms with Crippen molar-refractivity contribution < 1.29 is 19.4 Å². The molecule has 0 aromatic heterocycles. The number of nitrogens with zero attached hydrogens (tertiary/aromatic N) is 1. The molecular formula is C17H21Cl2NO4. The molecule has 0 bridgehead atoms. The maximum Gasteiger partial charge on any atom is 0.248 e. The van der Waals surface area contributed by atoms with Crippen LogP contribution in [-0.2, 0) is 20.7 Å². The van der Waals surface area contributed by atoms with E-state index in [9.17, 15) is 9.90 Å². The van der Waals surface area contributed by atoms with Crippen molar-refractivity contribution in [3.8, 4) is 5.75 Å². The first-order valence-corrected chi connectivity index (χ1v) is 8.92. The number of hydrogen-bond donors (Lipinski definition) is 1. The van der Waals surface area contributed by atoms with Gasteiger partial charge in [0.15, 0.2) is 0 Å². The number of benzene rings is 1. The van der Waals surface area contributed by atoms with Gasteiger partial charge in [0.25, 0.3) is 0 Å². The molecule has 2 heterocycles. The molecule has 3 rings (SSSR count). The Hall–Kier alpha value is -1.01. The van der Waals surface area contributed by atoms with Gasteiger partial charge in [0.05, 0.1) is 23.3 Å². The van der Waals surface area contributed by atoms with E-state index in [-0.39, 0.29) is 24.4 Å². The van der Waals surface area contributed by atoms with E-state index in [4.69, 9.17) is 32.7 Å². The number of carbonyl (C=O) groups excluding carboxylic acids is 1. The fourth-order valence-electron chi connectivity index (χ4n) is 3.03. The van der Waals surface area contributed by atoms with Crippen LogP contribution < -0.4 is 0 Å². The van der Waals surface area contributed by atoms with Crippen LogP contribution in [0, 0.1) is 5.92 Å². The van der Waals surface area contributed by atoms with Crippen molar-refractivity contribution in [3.63, 3.8) is 0 Å². The fraction of sp³-hybridized carbons (Fsp3) is 0.588. The van der Waals surface area contributed by atoms with Crippen molar-refractivity contribution in [3.05, 3.63) is 27.7 Å². The number of piperidine rings is 1. The third kappa shape index (κ3) is 4.33. The van der Waals surface area contributed by atoms with E-state index in [0.717, 1.165) is 37.9 Å². The van der Waals surface area contributed by atoms with E-state index in [1.807, 2.05) is 4.90 Å². The van der Waals surface area contributed by atoms with E-state index in [0.29, 0.717) is 29.2 Å². The van der Waals surface area contributed by atoms with Gasteiger partial charge in [-0.15, -0.1) is 0 Å². The highest BCUT2D eigenvalue weighted by Crippen LogP contribution is 2.33. The summed E-state index contributed by atoms with van der Waals surface area (Å²) < 4.78 is 10.5. The molecule has 2 saturated heterocycles. The Balaban J connectivity index is 1.46. The molecule has 0 atom stereocenters. The molecule has 2 aliphatic heterocycles. The summed E-state index contributed by atoms with van der Waals surface area (Å²) in [4.78, 5) is 14.0. The lowest BCUT2D eigenvalue weighted by atomic mass is 9.90. The second-order valence-electron chi connectivity index (χ2n) is 6.39. The van der Waals surface area contributed by atoms with Gasteiger partial charge in [-0.05, 0) is 36.8 Å². The van der Waals surface area contributed by atoms with Crippen LogP contribution in [0.3, 0.4) is 0 Å². The summed E-state index contributed by atoms with van der Waals surface area (Å²) in [5.41, 5.74) is 0.808. The fourth-order valence-corrected chi connectivity index (χ4v) is 3.37. The summed E-state index contributed by atoms with van der Waals surface area (Å²) in [6.07, 6.45) is 2.61. The van der Waals surface area contributed by atoms with Crippen molar-refractivity contribution >= 4 is 29.1 Å². The van der Waals surface area contributed by atoms with Gasteiger partial charge in [0.1, 0.15) is 18.5 Å². The molecule has 0 radical (unpaired) electrons. The van der Waals surface area contributed by atoms with E-state index < -0.39 is 0 Å². The number of likely N-dealkylation sites (tertiary alicyclic amines) is 1. The second-order valence-corrected chi connectivity index (χ2v) is 7.21. The molecule has 0 spiro atoms. The number of carbonyl (C=O) groups is 1. The van der Waals surface area contributed by atoms with Crippen LogP contribution in [0.4, 0.5) is 0 Å². The van der Waals surface area contributed by atoms with Gasteiger partial charge in [0.2, 0.25) is 5.91 Å². The van der Waals surface area contributed by atoms with Crippen LogP contribution in [0.2, 0.25) is 10.0 Å². The van der Waals surface area contributed by atoms with Crippen LogP contribution in [0.1, 0.15) is 18.4 Å². The van der Waals surface area contributed by atoms with Gasteiger partial charge in [-0.3, -0.25) is 4.79 Å². The number of phenols is 1. The van der Waals surface area contributed by atoms with Crippen LogP contribution in [0.25, 0.3) is 0 Å². The minimum Gasteiger partial charge on any atom is -0.508 e. The number of phenolic OH excluding ortho intramolecular Hbond substituents is 1. The summed E-state index contributed by atoms with van der Waals surface area (Å²) in [5, 5.41) is 10.8. The average molecular weight is 374 g/mol. The standard InChI is InChI=1S/C17H21Cl2NO4/c18-14-6-12(16(21)7-15(14)19)5-11-1-3-20(4-2-11)17(22)10-24-13-8-23-9-13/h6-7,11,13,21H,1-5,8-10H2. The minimum absolute atomic E-state index is 0.0396. The Morgan fingerprint density at radius 2 is 1.92 bits per heavy atom. The first-order chi connectivity index (χ1) is 11.5. The van der Waals surface area contributed by atoms with Crippen molar-refractivity contribution in [2.24, 2.45) is 5.92 Å². The van der Waals surface area contributed by atoms with Gasteiger partial charge in [0, 0.05) is 19.2 Å². The molecule has 0 saturated carbocycles. The largest absolute Gasteiger partial charge is 0.508 e. The van der Waals surface area contributed by atoms with Crippen LogP contribution in [0.5, 0.6) is 5.75 Å². The Morgan fingerprint density at radius 3 is 2.54 bits per heavy atom. The van der Waals surface area contributed by atoms with E-state index in [1.165, 1.54) is 6.07 Å². The summed E-state index contributed by atoms with van der Waals surface area (Å²) >= 11 is 11.9. The number of hydrogen-bond acceptors (Lipinski definition) is 4. The van der Waals surface area contributed by atoms with Crippen molar-refractivity contribution in [2.45, 2.75) is 25.4 Å². The highest BCUT2D eigenvalue weighted by Gasteiger charge is 2.26. The molecule has 2 fully saturated rings. The molecule has 1 N–H and O–H groups in total. The Morgan fingerprint density at radius 1 is 1.25 bits per heavy atom. The highest BCUT2D eigenvalue weighted by atomic mass is 35.5. The van der Waals surface area contributed by atoms with Gasteiger partial charge in [-0.25, -0.2) is 0 Å². The molecular weight excluding hydrogens is 353 g/mol. The predicted octanol–water partition coefficient (Wildman–Crippen LogP) is 2.90. The van der Waals surface area contributed by atoms with Gasteiger partial charge in [-0.2, -0.15) is 0 Å². The lowest BCUT2D eigenvalue weighted by molar-refractivity contribution is -0.156. The maximum absolute atomic E-state index is 12.1. The number of ether oxygens (including phenoxy) is 2. The van der Waals surface area contributed by atoms with Crippen LogP contribution >= 0.6 is 23.2 Å². The molecule has 1 amide bonds. The van der Waals surface area contributed by atoms with E-state index in [2.05, 4.69) is 0 Å². The average Bonchev–Trinajstić information content (AvgIpc) is 2.51. The van der Waals surface area contributed by atoms with Crippen molar-refractivity contribution in [2.75, 3.05) is 32.9 Å². The first-order valence-electron chi connectivity index (χ1n) is 8.17. The predicted molar refractivity (Wildman–Crippen MR) is 91.7 cm³/mol. The topological polar surface area (TPSA) is 59.0 Å². The third-order valence-corrected chi connectivity index (χ3v) is 5.37. The SMILES string of the molecule is O=C(COC1COC1)N1CCC(Cc2cc(Cl)c(Cl)cc2O)CC1. The summed E-state index contributed by atoms with van der Waals surface area (Å²) in [5.74, 6) is 0.634. The molecule has 24 heavy (non-hydrogen) atoms. The monoisotopic (exact) mass is 373 g/mol. The molecule has 1 aromatic carbocycles. The molecule has 1 aromatic rings. The zero-order valence-electron chi connectivity index (χ0n) is 13.3. The number of amides is 1. The highest BCUT2D eigenvalue weighted by molar-refractivity contribution is 6.42. The quantitative estimate of drug-likeness (QED) is 0.861. The minimum atomic E-state index is 0.0396. The number of halogens is 2. The van der Waals surface area contributed by atoms with Crippen molar-refractivity contribution in [1.29, 1.82) is 0 Å². The molecule has 132 valence electrons. The zero-order valence-corrected chi connectivity index (χ0v) is 14.9. The molecule has 0 unspecified atom stereocenters. The van der Waals surface area contributed by atoms with Gasteiger partial charge >= 0.3 is 0 Å².